The maximum atomic E-state index is 10.6. The quantitative estimate of drug-likeness (QED) is 0.244. The van der Waals surface area contributed by atoms with Crippen LogP contribution in [0.4, 0.5) is 5.69 Å². The molecule has 8 heteroatoms. The van der Waals surface area contributed by atoms with Gasteiger partial charge in [0.05, 0.1) is 30.4 Å². The molecule has 0 amide bonds. The highest BCUT2D eigenvalue weighted by Crippen LogP contribution is 2.38. The number of nitrogens with zero attached hydrogens (tertiary/aromatic N) is 3. The molecule has 1 aliphatic rings. The molecule has 1 aliphatic heterocycles. The van der Waals surface area contributed by atoms with Crippen molar-refractivity contribution >= 4 is 34.0 Å². The minimum atomic E-state index is -0.792. The van der Waals surface area contributed by atoms with Gasteiger partial charge in [-0.05, 0) is 44.5 Å². The fourth-order valence-corrected chi connectivity index (χ4v) is 4.40. The average Bonchev–Trinajstić information content (AvgIpc) is 3.38. The lowest BCUT2D eigenvalue weighted by Crippen LogP contribution is -2.21. The smallest absolute Gasteiger partial charge is 0.294 e. The molecule has 4 rings (SSSR count). The van der Waals surface area contributed by atoms with Crippen LogP contribution < -0.4 is 14.8 Å². The van der Waals surface area contributed by atoms with E-state index in [1.807, 2.05) is 42.5 Å². The van der Waals surface area contributed by atoms with Gasteiger partial charge in [0.1, 0.15) is 6.07 Å². The number of pyridine rings is 1. The Labute approximate surface area is 199 Å². The van der Waals surface area contributed by atoms with E-state index in [1.165, 1.54) is 25.9 Å². The second-order valence-corrected chi connectivity index (χ2v) is 8.34. The van der Waals surface area contributed by atoms with Gasteiger partial charge in [-0.2, -0.15) is 5.26 Å². The molecule has 1 fully saturated rings. The molecule has 2 aromatic carbocycles. The standard InChI is InChI=1S/C26H30N4O4/c1-32-24-15-21-23(16-25(24)33-14-6-13-30-11-4-5-12-30)29-22-8-3-2-7-20(22)26(21)28-10-9-19(17-27)34-18-31/h2-3,7-8,15-16,18-19H,4-6,9-14H2,1H3,(H,28,29). The van der Waals surface area contributed by atoms with Crippen molar-refractivity contribution in [2.24, 2.45) is 0 Å². The van der Waals surface area contributed by atoms with Gasteiger partial charge in [0, 0.05) is 36.3 Å². The van der Waals surface area contributed by atoms with Crippen molar-refractivity contribution in [3.05, 3.63) is 36.4 Å². The highest BCUT2D eigenvalue weighted by molar-refractivity contribution is 6.08. The topological polar surface area (TPSA) is 96.7 Å². The van der Waals surface area contributed by atoms with Gasteiger partial charge in [-0.3, -0.25) is 4.79 Å². The lowest BCUT2D eigenvalue weighted by Gasteiger charge is -2.18. The van der Waals surface area contributed by atoms with Crippen LogP contribution in [0.1, 0.15) is 25.7 Å². The first kappa shape index (κ1) is 23.6. The van der Waals surface area contributed by atoms with Crippen LogP contribution in [0.25, 0.3) is 21.8 Å². The minimum absolute atomic E-state index is 0.308. The van der Waals surface area contributed by atoms with E-state index in [1.54, 1.807) is 7.11 Å². The number of likely N-dealkylation sites (tertiary alicyclic amines) is 1. The van der Waals surface area contributed by atoms with E-state index in [0.717, 1.165) is 40.5 Å². The molecule has 1 saturated heterocycles. The molecule has 0 radical (unpaired) electrons. The van der Waals surface area contributed by atoms with Gasteiger partial charge in [-0.15, -0.1) is 0 Å². The fraction of sp³-hybridized carbons (Fsp3) is 0.423. The number of fused-ring (bicyclic) bond motifs is 2. The second kappa shape index (κ2) is 11.5. The molecule has 1 unspecified atom stereocenters. The maximum Gasteiger partial charge on any atom is 0.294 e. The summed E-state index contributed by atoms with van der Waals surface area (Å²) < 4.78 is 16.6. The number of carbonyl (C=O) groups excluding carboxylic acids is 1. The predicted molar refractivity (Wildman–Crippen MR) is 131 cm³/mol. The summed E-state index contributed by atoms with van der Waals surface area (Å²) in [6.07, 6.45) is 3.11. The zero-order valence-corrected chi connectivity index (χ0v) is 19.5. The van der Waals surface area contributed by atoms with Crippen molar-refractivity contribution in [3.63, 3.8) is 0 Å². The summed E-state index contributed by atoms with van der Waals surface area (Å²) >= 11 is 0. The number of ether oxygens (including phenoxy) is 3. The lowest BCUT2D eigenvalue weighted by atomic mass is 10.1. The molecular formula is C26H30N4O4. The third-order valence-electron chi connectivity index (χ3n) is 6.11. The summed E-state index contributed by atoms with van der Waals surface area (Å²) in [6, 6.07) is 13.7. The largest absolute Gasteiger partial charge is 0.493 e. The van der Waals surface area contributed by atoms with E-state index >= 15 is 0 Å². The van der Waals surface area contributed by atoms with Crippen molar-refractivity contribution < 1.29 is 19.0 Å². The van der Waals surface area contributed by atoms with Crippen LogP contribution in [-0.4, -0.2) is 62.4 Å². The number of rotatable bonds is 12. The van der Waals surface area contributed by atoms with Crippen LogP contribution >= 0.6 is 0 Å². The molecule has 3 aromatic rings. The molecule has 1 aromatic heterocycles. The third-order valence-corrected chi connectivity index (χ3v) is 6.11. The Morgan fingerprint density at radius 1 is 1.18 bits per heavy atom. The van der Waals surface area contributed by atoms with Crippen molar-refractivity contribution in [1.29, 1.82) is 5.26 Å². The Bertz CT molecular complexity index is 1170. The molecule has 0 saturated carbocycles. The van der Waals surface area contributed by atoms with E-state index in [9.17, 15) is 4.79 Å². The number of benzene rings is 2. The third kappa shape index (κ3) is 5.49. The molecular weight excluding hydrogens is 432 g/mol. The van der Waals surface area contributed by atoms with Crippen LogP contribution in [0.5, 0.6) is 11.5 Å². The zero-order valence-electron chi connectivity index (χ0n) is 19.5. The first-order valence-electron chi connectivity index (χ1n) is 11.7. The maximum absolute atomic E-state index is 10.6. The van der Waals surface area contributed by atoms with E-state index in [0.29, 0.717) is 37.5 Å². The average molecular weight is 463 g/mol. The summed E-state index contributed by atoms with van der Waals surface area (Å²) in [7, 11) is 1.63. The SMILES string of the molecule is COc1cc2c(NCCC(C#N)OC=O)c3ccccc3nc2cc1OCCCN1CCCC1. The van der Waals surface area contributed by atoms with E-state index < -0.39 is 6.10 Å². The first-order valence-corrected chi connectivity index (χ1v) is 11.7. The minimum Gasteiger partial charge on any atom is -0.493 e. The van der Waals surface area contributed by atoms with Crippen molar-refractivity contribution in [2.45, 2.75) is 31.8 Å². The molecule has 34 heavy (non-hydrogen) atoms. The Kier molecular flexibility index (Phi) is 7.99. The monoisotopic (exact) mass is 462 g/mol. The van der Waals surface area contributed by atoms with Crippen molar-refractivity contribution in [3.8, 4) is 17.6 Å². The van der Waals surface area contributed by atoms with Gasteiger partial charge < -0.3 is 24.4 Å². The predicted octanol–water partition coefficient (Wildman–Crippen LogP) is 4.13. The molecule has 1 atom stereocenters. The fourth-order valence-electron chi connectivity index (χ4n) is 4.40. The number of nitriles is 1. The van der Waals surface area contributed by atoms with Crippen LogP contribution in [0, 0.1) is 11.3 Å². The van der Waals surface area contributed by atoms with Crippen LogP contribution in [0.2, 0.25) is 0 Å². The Hall–Kier alpha value is -3.57. The zero-order chi connectivity index (χ0) is 23.8. The molecule has 0 aliphatic carbocycles. The Balaban J connectivity index is 1.58. The Morgan fingerprint density at radius 2 is 2.00 bits per heavy atom. The summed E-state index contributed by atoms with van der Waals surface area (Å²) in [4.78, 5) is 17.9. The van der Waals surface area contributed by atoms with E-state index in [4.69, 9.17) is 24.5 Å². The van der Waals surface area contributed by atoms with Gasteiger partial charge >= 0.3 is 0 Å². The molecule has 1 N–H and O–H groups in total. The van der Waals surface area contributed by atoms with Gasteiger partial charge in [0.15, 0.2) is 17.6 Å². The second-order valence-electron chi connectivity index (χ2n) is 8.34. The number of aromatic nitrogens is 1. The normalized spacial score (nSPS) is 14.6. The van der Waals surface area contributed by atoms with E-state index in [2.05, 4.69) is 10.2 Å². The van der Waals surface area contributed by atoms with Gasteiger partial charge in [-0.25, -0.2) is 4.98 Å². The van der Waals surface area contributed by atoms with Crippen LogP contribution in [0.15, 0.2) is 36.4 Å². The number of carbonyl (C=O) groups is 1. The molecule has 178 valence electrons. The highest BCUT2D eigenvalue weighted by Gasteiger charge is 2.16. The molecule has 2 heterocycles. The number of anilines is 1. The number of hydrogen-bond donors (Lipinski definition) is 1. The molecule has 0 bridgehead atoms. The lowest BCUT2D eigenvalue weighted by molar-refractivity contribution is -0.131. The molecule has 8 nitrogen and oxygen atoms in total. The number of nitrogens with one attached hydrogen (secondary N) is 1. The Morgan fingerprint density at radius 3 is 2.76 bits per heavy atom. The number of hydrogen-bond acceptors (Lipinski definition) is 8. The van der Waals surface area contributed by atoms with Crippen molar-refractivity contribution in [2.75, 3.05) is 45.2 Å². The first-order chi connectivity index (χ1) is 16.7. The summed E-state index contributed by atoms with van der Waals surface area (Å²) in [5.41, 5.74) is 2.53. The summed E-state index contributed by atoms with van der Waals surface area (Å²) in [5, 5.41) is 14.4. The van der Waals surface area contributed by atoms with Gasteiger partial charge in [0.25, 0.3) is 6.47 Å². The van der Waals surface area contributed by atoms with Gasteiger partial charge in [-0.1, -0.05) is 18.2 Å². The summed E-state index contributed by atoms with van der Waals surface area (Å²) in [5.74, 6) is 1.32. The molecule has 0 spiro atoms. The van der Waals surface area contributed by atoms with Crippen LogP contribution in [0.3, 0.4) is 0 Å². The van der Waals surface area contributed by atoms with Gasteiger partial charge in [0.2, 0.25) is 0 Å². The van der Waals surface area contributed by atoms with Crippen LogP contribution in [-0.2, 0) is 9.53 Å². The van der Waals surface area contributed by atoms with Crippen molar-refractivity contribution in [1.82, 2.24) is 9.88 Å². The highest BCUT2D eigenvalue weighted by atomic mass is 16.5. The number of methoxy groups -OCH3 is 1. The number of para-hydroxylation sites is 1. The van der Waals surface area contributed by atoms with E-state index in [-0.39, 0.29) is 0 Å². The summed E-state index contributed by atoms with van der Waals surface area (Å²) in [6.45, 7) is 4.79.